The summed E-state index contributed by atoms with van der Waals surface area (Å²) in [6.45, 7) is 5.78. The third kappa shape index (κ3) is 8.41. The fourth-order valence-electron chi connectivity index (χ4n) is 4.59. The molecule has 0 aromatic heterocycles. The largest absolute Gasteiger partial charge is 0.432 e. The molecule has 0 N–H and O–H groups in total. The summed E-state index contributed by atoms with van der Waals surface area (Å²) in [6.07, 6.45) is -2.41. The number of allylic oxidation sites excluding steroid dienone is 3. The minimum atomic E-state index is -5.04. The third-order valence-corrected chi connectivity index (χ3v) is 9.05. The molecule has 1 aliphatic heterocycles. The van der Waals surface area contributed by atoms with Crippen LogP contribution in [0.4, 0.5) is 18.0 Å². The van der Waals surface area contributed by atoms with Crippen molar-refractivity contribution in [1.82, 2.24) is 9.21 Å². The molecule has 1 saturated heterocycles. The molecule has 2 atom stereocenters. The Kier molecular flexibility index (Phi) is 10.0. The summed E-state index contributed by atoms with van der Waals surface area (Å²) in [5, 5.41) is 0. The lowest BCUT2D eigenvalue weighted by Crippen LogP contribution is -2.52. The van der Waals surface area contributed by atoms with Gasteiger partial charge in [0.05, 0.1) is 4.91 Å². The fourth-order valence-corrected chi connectivity index (χ4v) is 6.09. The van der Waals surface area contributed by atoms with Crippen LogP contribution in [-0.2, 0) is 26.0 Å². The number of rotatable bonds is 9. The van der Waals surface area contributed by atoms with Crippen molar-refractivity contribution in [2.24, 2.45) is 11.3 Å². The maximum absolute atomic E-state index is 13.6. The number of nitrogens with zero attached hydrogens (tertiary/aromatic N) is 2. The quantitative estimate of drug-likeness (QED) is 0.367. The van der Waals surface area contributed by atoms with Crippen LogP contribution >= 0.6 is 0 Å². The smallest absolute Gasteiger partial charge is 0.428 e. The number of alkyl halides is 3. The number of piperazine rings is 1. The number of sulfonamides is 1. The van der Waals surface area contributed by atoms with Crippen LogP contribution in [0.25, 0.3) is 0 Å². The zero-order chi connectivity index (χ0) is 28.8. The van der Waals surface area contributed by atoms with Gasteiger partial charge in [-0.25, -0.2) is 13.2 Å². The molecular formula is C28H37F3N2O5S. The number of Topliss-reactive ketones (excluding diaryl/α,β-unsaturated/α-hetero) is 1. The fraction of sp³-hybridized carbons (Fsp3) is 0.571. The number of ketones is 1. The van der Waals surface area contributed by atoms with Crippen LogP contribution in [0.2, 0.25) is 0 Å². The van der Waals surface area contributed by atoms with E-state index in [1.54, 1.807) is 12.2 Å². The lowest BCUT2D eigenvalue weighted by molar-refractivity contribution is -0.205. The Morgan fingerprint density at radius 3 is 2.21 bits per heavy atom. The second-order valence-corrected chi connectivity index (χ2v) is 13.0. The number of carbonyl (C=O) groups excluding carboxylic acids is 2. The van der Waals surface area contributed by atoms with Gasteiger partial charge >= 0.3 is 12.3 Å². The molecule has 1 aromatic carbocycles. The first-order valence-corrected chi connectivity index (χ1v) is 14.6. The van der Waals surface area contributed by atoms with E-state index in [1.807, 2.05) is 36.4 Å². The molecule has 1 aliphatic carbocycles. The molecule has 0 radical (unpaired) electrons. The molecule has 1 fully saturated rings. The molecule has 7 nitrogen and oxygen atoms in total. The molecular weight excluding hydrogens is 533 g/mol. The highest BCUT2D eigenvalue weighted by Crippen LogP contribution is 2.35. The molecule has 1 heterocycles. The number of unbranched alkanes of at least 4 members (excludes halogenated alkanes) is 1. The van der Waals surface area contributed by atoms with Crippen LogP contribution in [0, 0.1) is 11.3 Å². The molecule has 3 rings (SSSR count). The molecule has 0 bridgehead atoms. The Hall–Kier alpha value is -2.66. The van der Waals surface area contributed by atoms with E-state index >= 15 is 0 Å². The predicted molar refractivity (Wildman–Crippen MR) is 142 cm³/mol. The third-order valence-electron chi connectivity index (χ3n) is 7.10. The Morgan fingerprint density at radius 1 is 1.03 bits per heavy atom. The van der Waals surface area contributed by atoms with E-state index in [0.29, 0.717) is 19.3 Å². The van der Waals surface area contributed by atoms with Crippen LogP contribution < -0.4 is 0 Å². The number of carbonyl (C=O) groups is 2. The lowest BCUT2D eigenvalue weighted by atomic mass is 9.77. The molecule has 1 aromatic rings. The summed E-state index contributed by atoms with van der Waals surface area (Å²) in [5.74, 6) is -0.995. The van der Waals surface area contributed by atoms with Crippen molar-refractivity contribution in [2.75, 3.05) is 26.2 Å². The number of amides is 1. The van der Waals surface area contributed by atoms with Crippen LogP contribution in [-0.4, -0.2) is 68.0 Å². The van der Waals surface area contributed by atoms with E-state index in [4.69, 9.17) is 0 Å². The first kappa shape index (κ1) is 30.9. The van der Waals surface area contributed by atoms with Crippen LogP contribution in [0.15, 0.2) is 53.5 Å². The van der Waals surface area contributed by atoms with Gasteiger partial charge in [0.2, 0.25) is 10.0 Å². The molecule has 11 heteroatoms. The van der Waals surface area contributed by atoms with E-state index in [-0.39, 0.29) is 55.3 Å². The van der Waals surface area contributed by atoms with Gasteiger partial charge in [-0.05, 0) is 48.7 Å². The van der Waals surface area contributed by atoms with Gasteiger partial charge in [-0.3, -0.25) is 4.79 Å². The average Bonchev–Trinajstić information content (AvgIpc) is 2.89. The van der Waals surface area contributed by atoms with Crippen molar-refractivity contribution in [3.8, 4) is 0 Å². The summed E-state index contributed by atoms with van der Waals surface area (Å²) in [6, 6.07) is 9.39. The summed E-state index contributed by atoms with van der Waals surface area (Å²) in [7, 11) is -3.80. The van der Waals surface area contributed by atoms with Gasteiger partial charge in [-0.15, -0.1) is 0 Å². The van der Waals surface area contributed by atoms with E-state index in [2.05, 4.69) is 25.5 Å². The highest BCUT2D eigenvalue weighted by atomic mass is 32.2. The number of halogens is 3. The SMILES string of the molecule is CC(C)(C)C1C=CC(S(=O)(=O)N2CCN(C(=O)OC(C(=O)CCCCc3ccccc3)C(F)(F)F)CC2)=CC1. The van der Waals surface area contributed by atoms with E-state index in [9.17, 15) is 31.2 Å². The van der Waals surface area contributed by atoms with Crippen molar-refractivity contribution in [2.45, 2.75) is 65.2 Å². The van der Waals surface area contributed by atoms with Gasteiger partial charge in [0.25, 0.3) is 6.10 Å². The van der Waals surface area contributed by atoms with Crippen LogP contribution in [0.3, 0.4) is 0 Å². The maximum atomic E-state index is 13.6. The summed E-state index contributed by atoms with van der Waals surface area (Å²) in [5.41, 5.74) is 1.02. The van der Waals surface area contributed by atoms with Gasteiger partial charge < -0.3 is 9.64 Å². The molecule has 39 heavy (non-hydrogen) atoms. The Labute approximate surface area is 228 Å². The van der Waals surface area contributed by atoms with Crippen molar-refractivity contribution < 1.29 is 35.9 Å². The Morgan fingerprint density at radius 2 is 1.67 bits per heavy atom. The molecule has 1 amide bonds. The summed E-state index contributed by atoms with van der Waals surface area (Å²) >= 11 is 0. The van der Waals surface area contributed by atoms with Crippen LogP contribution in [0.5, 0.6) is 0 Å². The van der Waals surface area contributed by atoms with E-state index in [1.165, 1.54) is 4.31 Å². The summed E-state index contributed by atoms with van der Waals surface area (Å²) < 4.78 is 72.7. The minimum absolute atomic E-state index is 0.00784. The van der Waals surface area contributed by atoms with E-state index < -0.39 is 34.2 Å². The Bertz CT molecular complexity index is 1170. The van der Waals surface area contributed by atoms with Gasteiger partial charge in [0, 0.05) is 32.6 Å². The number of aryl methyl sites for hydroxylation is 1. The number of benzene rings is 1. The maximum Gasteiger partial charge on any atom is 0.432 e. The molecule has 216 valence electrons. The van der Waals surface area contributed by atoms with E-state index in [0.717, 1.165) is 10.5 Å². The lowest BCUT2D eigenvalue weighted by Gasteiger charge is -2.35. The van der Waals surface area contributed by atoms with Gasteiger partial charge in [-0.1, -0.05) is 63.3 Å². The molecule has 0 saturated carbocycles. The first-order valence-electron chi connectivity index (χ1n) is 13.2. The van der Waals surface area contributed by atoms with Crippen LogP contribution in [0.1, 0.15) is 52.0 Å². The Balaban J connectivity index is 1.51. The monoisotopic (exact) mass is 570 g/mol. The van der Waals surface area contributed by atoms with Gasteiger partial charge in [-0.2, -0.15) is 17.5 Å². The standard InChI is InChI=1S/C28H37F3N2O5S/c1-27(2,3)22-13-15-23(16-14-22)39(36,37)33-19-17-32(18-20-33)26(35)38-25(28(29,30)31)24(34)12-8-7-11-21-9-5-4-6-10-21/h4-6,9-10,13,15-16,22,25H,7-8,11-12,14,17-20H2,1-3H3. The van der Waals surface area contributed by atoms with Crippen molar-refractivity contribution >= 4 is 21.9 Å². The molecule has 2 aliphatic rings. The zero-order valence-corrected chi connectivity index (χ0v) is 23.4. The second-order valence-electron chi connectivity index (χ2n) is 11.0. The number of hydrogen-bond donors (Lipinski definition) is 0. The average molecular weight is 571 g/mol. The van der Waals surface area contributed by atoms with Crippen molar-refractivity contribution in [1.29, 1.82) is 0 Å². The van der Waals surface area contributed by atoms with Crippen molar-refractivity contribution in [3.05, 3.63) is 59.0 Å². The zero-order valence-electron chi connectivity index (χ0n) is 22.6. The highest BCUT2D eigenvalue weighted by Gasteiger charge is 2.48. The predicted octanol–water partition coefficient (Wildman–Crippen LogP) is 5.49. The molecule has 0 spiro atoms. The first-order chi connectivity index (χ1) is 18.2. The molecule has 2 unspecified atom stereocenters. The van der Waals surface area contributed by atoms with Gasteiger partial charge in [0.15, 0.2) is 5.78 Å². The summed E-state index contributed by atoms with van der Waals surface area (Å²) in [4.78, 5) is 26.1. The topological polar surface area (TPSA) is 84.0 Å². The minimum Gasteiger partial charge on any atom is -0.428 e. The second kappa shape index (κ2) is 12.7. The van der Waals surface area contributed by atoms with Gasteiger partial charge in [0.1, 0.15) is 0 Å². The highest BCUT2D eigenvalue weighted by molar-refractivity contribution is 7.93. The van der Waals surface area contributed by atoms with Crippen molar-refractivity contribution in [3.63, 3.8) is 0 Å². The number of ether oxygens (including phenoxy) is 1. The normalized spacial score (nSPS) is 19.9. The number of hydrogen-bond acceptors (Lipinski definition) is 5.